The number of halogens is 1. The van der Waals surface area contributed by atoms with Gasteiger partial charge in [-0.05, 0) is 18.2 Å². The molecule has 2 heterocycles. The number of hydrogen-bond acceptors (Lipinski definition) is 4. The number of para-hydroxylation sites is 1. The molecule has 24 heavy (non-hydrogen) atoms. The van der Waals surface area contributed by atoms with Crippen molar-refractivity contribution in [1.29, 1.82) is 0 Å². The fraction of sp³-hybridized carbons (Fsp3) is 0.294. The molecule has 0 radical (unpaired) electrons. The van der Waals surface area contributed by atoms with E-state index in [-0.39, 0.29) is 37.6 Å². The molecule has 1 saturated heterocycles. The molecule has 0 bridgehead atoms. The second-order valence-corrected chi connectivity index (χ2v) is 5.64. The van der Waals surface area contributed by atoms with Crippen molar-refractivity contribution in [2.24, 2.45) is 0 Å². The minimum Gasteiger partial charge on any atom is -0.478 e. The first-order valence-electron chi connectivity index (χ1n) is 7.50. The summed E-state index contributed by atoms with van der Waals surface area (Å²) in [7, 11) is 0. The van der Waals surface area contributed by atoms with Gasteiger partial charge >= 0.3 is 5.97 Å². The van der Waals surface area contributed by atoms with E-state index >= 15 is 0 Å². The third-order valence-corrected chi connectivity index (χ3v) is 4.16. The van der Waals surface area contributed by atoms with Crippen LogP contribution in [-0.2, 0) is 4.79 Å². The second kappa shape index (κ2) is 6.35. The Hall–Kier alpha value is -2.83. The molecule has 126 valence electrons. The van der Waals surface area contributed by atoms with Crippen LogP contribution in [0.5, 0.6) is 5.75 Å². The van der Waals surface area contributed by atoms with Crippen LogP contribution in [0.4, 0.5) is 4.39 Å². The highest BCUT2D eigenvalue weighted by atomic mass is 19.1. The molecule has 1 N–H and O–H groups in total. The van der Waals surface area contributed by atoms with E-state index in [0.29, 0.717) is 5.56 Å². The summed E-state index contributed by atoms with van der Waals surface area (Å²) in [5.74, 6) is -2.11. The number of furan rings is 1. The lowest BCUT2D eigenvalue weighted by atomic mass is 9.90. The highest BCUT2D eigenvalue weighted by molar-refractivity contribution is 5.94. The smallest absolute Gasteiger partial charge is 0.348 e. The number of carboxylic acids is 1. The maximum atomic E-state index is 13.8. The molecule has 1 aromatic carbocycles. The summed E-state index contributed by atoms with van der Waals surface area (Å²) in [6.45, 7) is 0.398. The van der Waals surface area contributed by atoms with Gasteiger partial charge in [-0.3, -0.25) is 4.79 Å². The molecule has 2 aromatic rings. The predicted molar refractivity (Wildman–Crippen MR) is 81.2 cm³/mol. The normalized spacial score (nSPS) is 16.6. The molecule has 3 rings (SSSR count). The summed E-state index contributed by atoms with van der Waals surface area (Å²) in [5, 5.41) is 9.58. The molecule has 1 fully saturated rings. The number of benzene rings is 1. The Morgan fingerprint density at radius 2 is 1.92 bits per heavy atom. The van der Waals surface area contributed by atoms with Gasteiger partial charge in [0.25, 0.3) is 5.91 Å². The highest BCUT2D eigenvalue weighted by Gasteiger charge is 2.45. The van der Waals surface area contributed by atoms with E-state index in [2.05, 4.69) is 0 Å². The van der Waals surface area contributed by atoms with Gasteiger partial charge < -0.3 is 19.2 Å². The summed E-state index contributed by atoms with van der Waals surface area (Å²) >= 11 is 0. The minimum atomic E-state index is -1.55. The van der Waals surface area contributed by atoms with Gasteiger partial charge in [0.05, 0.1) is 11.8 Å². The summed E-state index contributed by atoms with van der Waals surface area (Å²) in [6.07, 6.45) is 2.89. The van der Waals surface area contributed by atoms with E-state index < -0.39 is 17.4 Å². The van der Waals surface area contributed by atoms with Crippen LogP contribution in [0.1, 0.15) is 23.2 Å². The van der Waals surface area contributed by atoms with Crippen LogP contribution < -0.4 is 4.74 Å². The number of carbonyl (C=O) groups excluding carboxylic acids is 1. The lowest BCUT2D eigenvalue weighted by Crippen LogP contribution is -2.54. The molecule has 7 heteroatoms. The Morgan fingerprint density at radius 1 is 1.21 bits per heavy atom. The molecule has 1 aromatic heterocycles. The molecular formula is C17H16FNO5. The zero-order valence-corrected chi connectivity index (χ0v) is 12.8. The first kappa shape index (κ1) is 16.0. The predicted octanol–water partition coefficient (Wildman–Crippen LogP) is 2.56. The van der Waals surface area contributed by atoms with Crippen molar-refractivity contribution in [3.05, 3.63) is 54.2 Å². The lowest BCUT2D eigenvalue weighted by molar-refractivity contribution is -0.159. The maximum Gasteiger partial charge on any atom is 0.348 e. The zero-order chi connectivity index (χ0) is 17.2. The monoisotopic (exact) mass is 333 g/mol. The number of aliphatic carboxylic acids is 1. The molecule has 1 aliphatic heterocycles. The van der Waals surface area contributed by atoms with Crippen molar-refractivity contribution in [2.75, 3.05) is 13.1 Å². The van der Waals surface area contributed by atoms with Gasteiger partial charge in [-0.15, -0.1) is 0 Å². The Kier molecular flexibility index (Phi) is 4.24. The van der Waals surface area contributed by atoms with Gasteiger partial charge in [0.15, 0.2) is 11.6 Å². The van der Waals surface area contributed by atoms with Crippen LogP contribution in [0, 0.1) is 5.82 Å². The van der Waals surface area contributed by atoms with Crippen molar-refractivity contribution in [3.8, 4) is 5.75 Å². The van der Waals surface area contributed by atoms with Gasteiger partial charge in [0.2, 0.25) is 5.60 Å². The van der Waals surface area contributed by atoms with E-state index in [0.717, 1.165) is 0 Å². The first-order chi connectivity index (χ1) is 11.5. The quantitative estimate of drug-likeness (QED) is 0.930. The van der Waals surface area contributed by atoms with Gasteiger partial charge in [-0.25, -0.2) is 9.18 Å². The standard InChI is InChI=1S/C17H16FNO5/c18-13-3-1-2-4-14(13)24-17(16(21)22)6-8-19(9-7-17)15(20)12-5-10-23-11-12/h1-5,10-11H,6-9H2,(H,21,22). The number of hydrogen-bond donors (Lipinski definition) is 1. The average Bonchev–Trinajstić information content (AvgIpc) is 3.11. The summed E-state index contributed by atoms with van der Waals surface area (Å²) in [6, 6.07) is 7.23. The molecule has 1 amide bonds. The third kappa shape index (κ3) is 2.97. The van der Waals surface area contributed by atoms with E-state index in [1.54, 1.807) is 12.1 Å². The van der Waals surface area contributed by atoms with Gasteiger partial charge in [-0.2, -0.15) is 0 Å². The molecule has 0 aliphatic carbocycles. The number of carbonyl (C=O) groups is 2. The highest BCUT2D eigenvalue weighted by Crippen LogP contribution is 2.31. The largest absolute Gasteiger partial charge is 0.478 e. The van der Waals surface area contributed by atoms with Crippen LogP contribution in [0.15, 0.2) is 47.3 Å². The second-order valence-electron chi connectivity index (χ2n) is 5.64. The van der Waals surface area contributed by atoms with E-state index in [9.17, 15) is 19.1 Å². The van der Waals surface area contributed by atoms with Gasteiger partial charge in [0, 0.05) is 25.9 Å². The lowest BCUT2D eigenvalue weighted by Gasteiger charge is -2.38. The molecular weight excluding hydrogens is 317 g/mol. The number of ether oxygens (including phenoxy) is 1. The Morgan fingerprint density at radius 3 is 2.50 bits per heavy atom. The average molecular weight is 333 g/mol. The molecule has 0 spiro atoms. The number of rotatable bonds is 4. The minimum absolute atomic E-state index is 0.0697. The molecule has 0 atom stereocenters. The Balaban J connectivity index is 1.74. The van der Waals surface area contributed by atoms with Crippen LogP contribution in [-0.4, -0.2) is 40.6 Å². The zero-order valence-electron chi connectivity index (χ0n) is 12.8. The number of piperidine rings is 1. The van der Waals surface area contributed by atoms with Gasteiger partial charge in [0.1, 0.15) is 6.26 Å². The summed E-state index contributed by atoms with van der Waals surface area (Å²) in [4.78, 5) is 25.5. The fourth-order valence-electron chi connectivity index (χ4n) is 2.74. The van der Waals surface area contributed by atoms with Gasteiger partial charge in [-0.1, -0.05) is 12.1 Å². The third-order valence-electron chi connectivity index (χ3n) is 4.16. The number of likely N-dealkylation sites (tertiary alicyclic amines) is 1. The summed E-state index contributed by atoms with van der Waals surface area (Å²) in [5.41, 5.74) is -1.14. The molecule has 1 aliphatic rings. The number of amides is 1. The molecule has 0 saturated carbocycles. The van der Waals surface area contributed by atoms with Crippen LogP contribution in [0.2, 0.25) is 0 Å². The van der Waals surface area contributed by atoms with E-state index in [1.807, 2.05) is 0 Å². The number of nitrogens with zero attached hydrogens (tertiary/aromatic N) is 1. The van der Waals surface area contributed by atoms with Crippen molar-refractivity contribution < 1.29 is 28.2 Å². The molecule has 0 unspecified atom stereocenters. The first-order valence-corrected chi connectivity index (χ1v) is 7.50. The van der Waals surface area contributed by atoms with Crippen LogP contribution in [0.25, 0.3) is 0 Å². The Labute approximate surface area is 137 Å². The van der Waals surface area contributed by atoms with E-state index in [1.165, 1.54) is 35.6 Å². The van der Waals surface area contributed by atoms with Crippen molar-refractivity contribution >= 4 is 11.9 Å². The topological polar surface area (TPSA) is 80.0 Å². The maximum absolute atomic E-state index is 13.8. The van der Waals surface area contributed by atoms with E-state index in [4.69, 9.17) is 9.15 Å². The van der Waals surface area contributed by atoms with Crippen LogP contribution >= 0.6 is 0 Å². The van der Waals surface area contributed by atoms with Crippen molar-refractivity contribution in [3.63, 3.8) is 0 Å². The van der Waals surface area contributed by atoms with Crippen LogP contribution in [0.3, 0.4) is 0 Å². The SMILES string of the molecule is O=C(c1ccoc1)N1CCC(Oc2ccccc2F)(C(=O)O)CC1. The van der Waals surface area contributed by atoms with Crippen molar-refractivity contribution in [1.82, 2.24) is 4.90 Å². The van der Waals surface area contributed by atoms with Crippen molar-refractivity contribution in [2.45, 2.75) is 18.4 Å². The molecule has 6 nitrogen and oxygen atoms in total. The Bertz CT molecular complexity index is 735. The summed E-state index contributed by atoms with van der Waals surface area (Å²) < 4.78 is 24.2. The number of carboxylic acid groups (broad SMARTS) is 1. The fourth-order valence-corrected chi connectivity index (χ4v) is 2.74.